The van der Waals surface area contributed by atoms with Crippen LogP contribution in [0.3, 0.4) is 0 Å². The van der Waals surface area contributed by atoms with Gasteiger partial charge in [0.05, 0.1) is 12.1 Å². The summed E-state index contributed by atoms with van der Waals surface area (Å²) in [5.41, 5.74) is 1.63. The van der Waals surface area contributed by atoms with Gasteiger partial charge in [-0.15, -0.1) is 0 Å². The van der Waals surface area contributed by atoms with E-state index in [9.17, 15) is 9.18 Å². The molecule has 2 aromatic heterocycles. The Labute approximate surface area is 111 Å². The first-order valence-electron chi connectivity index (χ1n) is 6.35. The summed E-state index contributed by atoms with van der Waals surface area (Å²) in [7, 11) is 0. The standard InChI is InChI=1S/C14H16FN3O/c1-3-10-8-11(18(4-2)17-10)9-13(19)14-12(15)6-5-7-16-14/h5-8H,3-4,9H2,1-2H3. The van der Waals surface area contributed by atoms with E-state index in [0.29, 0.717) is 6.54 Å². The molecule has 4 nitrogen and oxygen atoms in total. The molecule has 0 aliphatic heterocycles. The number of nitrogens with zero attached hydrogens (tertiary/aromatic N) is 3. The van der Waals surface area contributed by atoms with E-state index in [4.69, 9.17) is 0 Å². The van der Waals surface area contributed by atoms with Gasteiger partial charge >= 0.3 is 0 Å². The molecule has 2 rings (SSSR count). The number of hydrogen-bond donors (Lipinski definition) is 0. The predicted molar refractivity (Wildman–Crippen MR) is 69.5 cm³/mol. The topological polar surface area (TPSA) is 47.8 Å². The second kappa shape index (κ2) is 5.73. The first-order valence-corrected chi connectivity index (χ1v) is 6.35. The van der Waals surface area contributed by atoms with E-state index >= 15 is 0 Å². The Kier molecular flexibility index (Phi) is 4.04. The first kappa shape index (κ1) is 13.4. The van der Waals surface area contributed by atoms with Crippen LogP contribution in [-0.2, 0) is 19.4 Å². The van der Waals surface area contributed by atoms with E-state index in [0.717, 1.165) is 17.8 Å². The maximum absolute atomic E-state index is 13.5. The minimum absolute atomic E-state index is 0.107. The minimum Gasteiger partial charge on any atom is -0.292 e. The zero-order valence-electron chi connectivity index (χ0n) is 11.1. The lowest BCUT2D eigenvalue weighted by atomic mass is 10.1. The summed E-state index contributed by atoms with van der Waals surface area (Å²) >= 11 is 0. The van der Waals surface area contributed by atoms with Gasteiger partial charge in [0.1, 0.15) is 5.69 Å². The van der Waals surface area contributed by atoms with Crippen molar-refractivity contribution in [3.05, 3.63) is 47.3 Å². The van der Waals surface area contributed by atoms with Gasteiger partial charge < -0.3 is 0 Å². The molecule has 0 amide bonds. The molecule has 0 unspecified atom stereocenters. The molecule has 0 saturated heterocycles. The molecule has 100 valence electrons. The van der Waals surface area contributed by atoms with Gasteiger partial charge in [-0.2, -0.15) is 5.10 Å². The van der Waals surface area contributed by atoms with Gasteiger partial charge in [-0.1, -0.05) is 6.92 Å². The number of carbonyl (C=O) groups excluding carboxylic acids is 1. The van der Waals surface area contributed by atoms with Gasteiger partial charge in [-0.3, -0.25) is 14.5 Å². The normalized spacial score (nSPS) is 10.7. The Hall–Kier alpha value is -2.04. The highest BCUT2D eigenvalue weighted by molar-refractivity contribution is 5.95. The smallest absolute Gasteiger partial charge is 0.190 e. The lowest BCUT2D eigenvalue weighted by molar-refractivity contribution is 0.0981. The number of ketones is 1. The molecule has 19 heavy (non-hydrogen) atoms. The maximum atomic E-state index is 13.5. The largest absolute Gasteiger partial charge is 0.292 e. The molecule has 5 heteroatoms. The van der Waals surface area contributed by atoms with Gasteiger partial charge in [0.25, 0.3) is 0 Å². The van der Waals surface area contributed by atoms with Crippen molar-refractivity contribution >= 4 is 5.78 Å². The molecule has 0 aliphatic rings. The second-order valence-electron chi connectivity index (χ2n) is 4.23. The fourth-order valence-corrected chi connectivity index (χ4v) is 1.94. The summed E-state index contributed by atoms with van der Waals surface area (Å²) in [6.07, 6.45) is 2.35. The summed E-state index contributed by atoms with van der Waals surface area (Å²) in [6.45, 7) is 4.65. The number of halogens is 1. The molecule has 0 saturated carbocycles. The number of hydrogen-bond acceptors (Lipinski definition) is 3. The van der Waals surface area contributed by atoms with E-state index in [-0.39, 0.29) is 17.9 Å². The Balaban J connectivity index is 2.24. The third-order valence-electron chi connectivity index (χ3n) is 2.94. The third-order valence-corrected chi connectivity index (χ3v) is 2.94. The average Bonchev–Trinajstić information content (AvgIpc) is 2.81. The Morgan fingerprint density at radius 2 is 2.21 bits per heavy atom. The van der Waals surface area contributed by atoms with Crippen molar-refractivity contribution in [1.82, 2.24) is 14.8 Å². The summed E-state index contributed by atoms with van der Waals surface area (Å²) in [5.74, 6) is -0.902. The zero-order chi connectivity index (χ0) is 13.8. The fourth-order valence-electron chi connectivity index (χ4n) is 1.94. The van der Waals surface area contributed by atoms with Crippen molar-refractivity contribution in [3.8, 4) is 0 Å². The number of rotatable bonds is 5. The van der Waals surface area contributed by atoms with Crippen LogP contribution in [-0.4, -0.2) is 20.5 Å². The van der Waals surface area contributed by atoms with Crippen LogP contribution in [0.4, 0.5) is 4.39 Å². The lowest BCUT2D eigenvalue weighted by Gasteiger charge is -2.04. The third kappa shape index (κ3) is 2.86. The molecule has 2 aromatic rings. The zero-order valence-corrected chi connectivity index (χ0v) is 11.1. The van der Waals surface area contributed by atoms with Crippen molar-refractivity contribution < 1.29 is 9.18 Å². The number of aromatic nitrogens is 3. The summed E-state index contributed by atoms with van der Waals surface area (Å²) in [6, 6.07) is 4.61. The molecule has 0 N–H and O–H groups in total. The van der Waals surface area contributed by atoms with Crippen LogP contribution >= 0.6 is 0 Å². The number of Topliss-reactive ketones (excluding diaryl/α,β-unsaturated/α-hetero) is 1. The van der Waals surface area contributed by atoms with Crippen LogP contribution in [0.25, 0.3) is 0 Å². The van der Waals surface area contributed by atoms with E-state index in [1.807, 2.05) is 19.9 Å². The minimum atomic E-state index is -0.578. The molecule has 0 radical (unpaired) electrons. The van der Waals surface area contributed by atoms with E-state index in [2.05, 4.69) is 10.1 Å². The molecule has 0 atom stereocenters. The van der Waals surface area contributed by atoms with Crippen molar-refractivity contribution in [2.24, 2.45) is 0 Å². The molecule has 0 bridgehead atoms. The van der Waals surface area contributed by atoms with Gasteiger partial charge in [0.2, 0.25) is 0 Å². The Morgan fingerprint density at radius 3 is 2.84 bits per heavy atom. The van der Waals surface area contributed by atoms with E-state index < -0.39 is 5.82 Å². The van der Waals surface area contributed by atoms with Crippen LogP contribution < -0.4 is 0 Å². The van der Waals surface area contributed by atoms with Crippen molar-refractivity contribution in [2.75, 3.05) is 0 Å². The maximum Gasteiger partial charge on any atom is 0.190 e. The van der Waals surface area contributed by atoms with Crippen LogP contribution in [0.15, 0.2) is 24.4 Å². The van der Waals surface area contributed by atoms with Crippen molar-refractivity contribution in [3.63, 3.8) is 0 Å². The molecule has 0 fully saturated rings. The van der Waals surface area contributed by atoms with Gasteiger partial charge in [-0.05, 0) is 31.5 Å². The second-order valence-corrected chi connectivity index (χ2v) is 4.23. The van der Waals surface area contributed by atoms with E-state index in [1.165, 1.54) is 18.3 Å². The summed E-state index contributed by atoms with van der Waals surface area (Å²) in [4.78, 5) is 15.9. The average molecular weight is 261 g/mol. The van der Waals surface area contributed by atoms with Gasteiger partial charge in [0, 0.05) is 18.4 Å². The lowest BCUT2D eigenvalue weighted by Crippen LogP contribution is -2.12. The quantitative estimate of drug-likeness (QED) is 0.777. The monoisotopic (exact) mass is 261 g/mol. The summed E-state index contributed by atoms with van der Waals surface area (Å²) < 4.78 is 15.3. The van der Waals surface area contributed by atoms with Crippen molar-refractivity contribution in [2.45, 2.75) is 33.2 Å². The van der Waals surface area contributed by atoms with Crippen LogP contribution in [0.2, 0.25) is 0 Å². The molecule has 0 aliphatic carbocycles. The molecular formula is C14H16FN3O. The SMILES string of the molecule is CCc1cc(CC(=O)c2ncccc2F)n(CC)n1. The van der Waals surface area contributed by atoms with Crippen LogP contribution in [0.5, 0.6) is 0 Å². The van der Waals surface area contributed by atoms with Gasteiger partial charge in [0.15, 0.2) is 11.6 Å². The number of carbonyl (C=O) groups is 1. The van der Waals surface area contributed by atoms with Gasteiger partial charge in [-0.25, -0.2) is 4.39 Å². The Bertz CT molecular complexity index is 592. The highest BCUT2D eigenvalue weighted by Gasteiger charge is 2.16. The fraction of sp³-hybridized carbons (Fsp3) is 0.357. The summed E-state index contributed by atoms with van der Waals surface area (Å²) in [5, 5.41) is 4.37. The van der Waals surface area contributed by atoms with Crippen LogP contribution in [0.1, 0.15) is 35.7 Å². The highest BCUT2D eigenvalue weighted by Crippen LogP contribution is 2.11. The first-order chi connectivity index (χ1) is 9.15. The highest BCUT2D eigenvalue weighted by atomic mass is 19.1. The molecule has 0 spiro atoms. The van der Waals surface area contributed by atoms with E-state index in [1.54, 1.807) is 4.68 Å². The Morgan fingerprint density at radius 1 is 1.42 bits per heavy atom. The molecule has 0 aromatic carbocycles. The number of aryl methyl sites for hydroxylation is 2. The molecule has 2 heterocycles. The van der Waals surface area contributed by atoms with Crippen molar-refractivity contribution in [1.29, 1.82) is 0 Å². The predicted octanol–water partition coefficient (Wildman–Crippen LogP) is 2.42. The number of pyridine rings is 1. The van der Waals surface area contributed by atoms with Crippen LogP contribution in [0, 0.1) is 5.82 Å². The molecular weight excluding hydrogens is 245 g/mol.